The number of hydrogen-bond donors (Lipinski definition) is 2. The van der Waals surface area contributed by atoms with Gasteiger partial charge in [-0.15, -0.1) is 0 Å². The lowest BCUT2D eigenvalue weighted by atomic mass is 10.3. The second kappa shape index (κ2) is 7.60. The summed E-state index contributed by atoms with van der Waals surface area (Å²) in [5.41, 5.74) is 0. The van der Waals surface area contributed by atoms with Gasteiger partial charge in [0.2, 0.25) is 5.91 Å². The summed E-state index contributed by atoms with van der Waals surface area (Å²) in [7, 11) is 2.04. The predicted octanol–water partition coefficient (Wildman–Crippen LogP) is -0.360. The van der Waals surface area contributed by atoms with Crippen molar-refractivity contribution in [2.24, 2.45) is 0 Å². The van der Waals surface area contributed by atoms with Gasteiger partial charge in [0.1, 0.15) is 6.04 Å². The number of rotatable bonds is 6. The van der Waals surface area contributed by atoms with Crippen LogP contribution in [0.2, 0.25) is 0 Å². The van der Waals surface area contributed by atoms with Crippen molar-refractivity contribution in [2.75, 3.05) is 38.2 Å². The van der Waals surface area contributed by atoms with Crippen LogP contribution in [0.25, 0.3) is 0 Å². The van der Waals surface area contributed by atoms with Crippen LogP contribution in [0.1, 0.15) is 6.92 Å². The van der Waals surface area contributed by atoms with Crippen LogP contribution in [-0.4, -0.2) is 72.3 Å². The Morgan fingerprint density at radius 3 is 2.89 bits per heavy atom. The van der Waals surface area contributed by atoms with Gasteiger partial charge in [0.05, 0.1) is 12.7 Å². The number of morpholine rings is 1. The summed E-state index contributed by atoms with van der Waals surface area (Å²) in [6.45, 7) is 3.84. The molecule has 0 aromatic heterocycles. The number of hydrogen-bond acceptors (Lipinski definition) is 5. The molecule has 1 amide bonds. The van der Waals surface area contributed by atoms with Gasteiger partial charge in [0.15, 0.2) is 0 Å². The van der Waals surface area contributed by atoms with Gasteiger partial charge in [0.25, 0.3) is 0 Å². The molecule has 0 radical (unpaired) electrons. The smallest absolute Gasteiger partial charge is 0.327 e. The predicted molar refractivity (Wildman–Crippen MR) is 69.8 cm³/mol. The number of carboxylic acids is 1. The Balaban J connectivity index is 2.25. The summed E-state index contributed by atoms with van der Waals surface area (Å²) in [5.74, 6) is -0.220. The zero-order valence-corrected chi connectivity index (χ0v) is 11.5. The number of carboxylic acid groups (broad SMARTS) is 1. The Morgan fingerprint density at radius 1 is 1.61 bits per heavy atom. The number of amides is 1. The number of carbonyl (C=O) groups excluding carboxylic acids is 1. The van der Waals surface area contributed by atoms with Crippen molar-refractivity contribution in [1.29, 1.82) is 0 Å². The number of carbonyl (C=O) groups is 2. The third-order valence-electron chi connectivity index (χ3n) is 2.61. The van der Waals surface area contributed by atoms with E-state index in [2.05, 4.69) is 10.2 Å². The fraction of sp³-hybridized carbons (Fsp3) is 0.818. The van der Waals surface area contributed by atoms with Crippen molar-refractivity contribution in [3.8, 4) is 0 Å². The Morgan fingerprint density at radius 2 is 2.33 bits per heavy atom. The van der Waals surface area contributed by atoms with Crippen molar-refractivity contribution in [3.63, 3.8) is 0 Å². The molecule has 0 aliphatic carbocycles. The van der Waals surface area contributed by atoms with Crippen molar-refractivity contribution >= 4 is 23.6 Å². The molecule has 1 aliphatic rings. The molecule has 1 fully saturated rings. The van der Waals surface area contributed by atoms with E-state index in [1.54, 1.807) is 0 Å². The molecule has 1 heterocycles. The minimum absolute atomic E-state index is 0.139. The van der Waals surface area contributed by atoms with Gasteiger partial charge in [-0.3, -0.25) is 4.79 Å². The highest BCUT2D eigenvalue weighted by Gasteiger charge is 2.21. The third kappa shape index (κ3) is 5.70. The highest BCUT2D eigenvalue weighted by Crippen LogP contribution is 2.12. The SMILES string of the molecule is CC(=O)N[C@@H](CSCC1CN(C)CCO1)C(=O)O. The van der Waals surface area contributed by atoms with Gasteiger partial charge >= 0.3 is 5.97 Å². The molecule has 0 aromatic rings. The van der Waals surface area contributed by atoms with Crippen molar-refractivity contribution in [3.05, 3.63) is 0 Å². The first-order valence-corrected chi connectivity index (χ1v) is 7.02. The Bertz CT molecular complexity index is 301. The van der Waals surface area contributed by atoms with Gasteiger partial charge in [-0.25, -0.2) is 4.79 Å². The minimum Gasteiger partial charge on any atom is -0.480 e. The number of ether oxygens (including phenoxy) is 1. The van der Waals surface area contributed by atoms with E-state index >= 15 is 0 Å². The first-order valence-electron chi connectivity index (χ1n) is 5.87. The molecule has 104 valence electrons. The summed E-state index contributed by atoms with van der Waals surface area (Å²) >= 11 is 1.49. The van der Waals surface area contributed by atoms with E-state index in [-0.39, 0.29) is 12.0 Å². The summed E-state index contributed by atoms with van der Waals surface area (Å²) in [6, 6.07) is -0.825. The molecular weight excluding hydrogens is 256 g/mol. The quantitative estimate of drug-likeness (QED) is 0.690. The van der Waals surface area contributed by atoms with E-state index in [0.717, 1.165) is 25.4 Å². The molecule has 18 heavy (non-hydrogen) atoms. The summed E-state index contributed by atoms with van der Waals surface area (Å²) < 4.78 is 5.57. The van der Waals surface area contributed by atoms with Crippen molar-refractivity contribution in [1.82, 2.24) is 10.2 Å². The van der Waals surface area contributed by atoms with Crippen LogP contribution in [0.5, 0.6) is 0 Å². The van der Waals surface area contributed by atoms with Crippen molar-refractivity contribution in [2.45, 2.75) is 19.1 Å². The average molecular weight is 276 g/mol. The minimum atomic E-state index is -1.00. The molecule has 2 atom stereocenters. The molecule has 0 aromatic carbocycles. The molecule has 7 heteroatoms. The lowest BCUT2D eigenvalue weighted by molar-refractivity contribution is -0.140. The highest BCUT2D eigenvalue weighted by atomic mass is 32.2. The maximum Gasteiger partial charge on any atom is 0.327 e. The topological polar surface area (TPSA) is 78.9 Å². The maximum atomic E-state index is 10.9. The van der Waals surface area contributed by atoms with Crippen LogP contribution >= 0.6 is 11.8 Å². The van der Waals surface area contributed by atoms with Gasteiger partial charge in [-0.2, -0.15) is 11.8 Å². The number of nitrogens with zero attached hydrogens (tertiary/aromatic N) is 1. The number of thioether (sulfide) groups is 1. The average Bonchev–Trinajstić information content (AvgIpc) is 2.27. The van der Waals surface area contributed by atoms with Gasteiger partial charge in [-0.1, -0.05) is 0 Å². The number of aliphatic carboxylic acids is 1. The Hall–Kier alpha value is -0.790. The second-order valence-corrected chi connectivity index (χ2v) is 5.46. The summed E-state index contributed by atoms with van der Waals surface area (Å²) in [5, 5.41) is 11.3. The van der Waals surface area contributed by atoms with Crippen LogP contribution in [0, 0.1) is 0 Å². The first-order chi connectivity index (χ1) is 8.49. The van der Waals surface area contributed by atoms with Crippen LogP contribution in [0.15, 0.2) is 0 Å². The van der Waals surface area contributed by atoms with Gasteiger partial charge < -0.3 is 20.1 Å². The molecule has 1 saturated heterocycles. The molecule has 1 unspecified atom stereocenters. The second-order valence-electron chi connectivity index (χ2n) is 4.38. The molecule has 0 spiro atoms. The van der Waals surface area contributed by atoms with Crippen LogP contribution < -0.4 is 5.32 Å². The highest BCUT2D eigenvalue weighted by molar-refractivity contribution is 7.99. The Labute approximate surface area is 111 Å². The molecule has 0 bridgehead atoms. The number of nitrogens with one attached hydrogen (secondary N) is 1. The molecular formula is C11H20N2O4S. The maximum absolute atomic E-state index is 10.9. The van der Waals surface area contributed by atoms with E-state index in [9.17, 15) is 9.59 Å². The normalized spacial score (nSPS) is 22.4. The summed E-state index contributed by atoms with van der Waals surface area (Å²) in [6.07, 6.45) is 0.139. The number of likely N-dealkylation sites (N-methyl/N-ethyl adjacent to an activating group) is 1. The largest absolute Gasteiger partial charge is 0.480 e. The van der Waals surface area contributed by atoms with E-state index in [0.29, 0.717) is 5.75 Å². The lowest BCUT2D eigenvalue weighted by Crippen LogP contribution is -2.43. The van der Waals surface area contributed by atoms with Crippen LogP contribution in [0.3, 0.4) is 0 Å². The van der Waals surface area contributed by atoms with E-state index in [4.69, 9.17) is 9.84 Å². The van der Waals surface area contributed by atoms with Crippen LogP contribution in [-0.2, 0) is 14.3 Å². The first kappa shape index (κ1) is 15.3. The lowest BCUT2D eigenvalue weighted by Gasteiger charge is -2.30. The molecule has 2 N–H and O–H groups in total. The van der Waals surface area contributed by atoms with Gasteiger partial charge in [0, 0.05) is 31.5 Å². The Kier molecular flexibility index (Phi) is 6.45. The monoisotopic (exact) mass is 276 g/mol. The standard InChI is InChI=1S/C11H20N2O4S/c1-8(14)12-10(11(15)16)7-18-6-9-5-13(2)3-4-17-9/h9-10H,3-7H2,1-2H3,(H,12,14)(H,15,16)/t9?,10-/m0/s1. The fourth-order valence-corrected chi connectivity index (χ4v) is 2.77. The van der Waals surface area contributed by atoms with Crippen LogP contribution in [0.4, 0.5) is 0 Å². The third-order valence-corrected chi connectivity index (χ3v) is 3.78. The van der Waals surface area contributed by atoms with E-state index < -0.39 is 12.0 Å². The van der Waals surface area contributed by atoms with E-state index in [1.165, 1.54) is 18.7 Å². The fourth-order valence-electron chi connectivity index (χ4n) is 1.71. The zero-order valence-electron chi connectivity index (χ0n) is 10.7. The van der Waals surface area contributed by atoms with E-state index in [1.807, 2.05) is 7.05 Å². The van der Waals surface area contributed by atoms with Gasteiger partial charge in [-0.05, 0) is 7.05 Å². The summed E-state index contributed by atoms with van der Waals surface area (Å²) in [4.78, 5) is 23.9. The molecule has 1 rings (SSSR count). The molecule has 6 nitrogen and oxygen atoms in total. The molecule has 1 aliphatic heterocycles. The zero-order chi connectivity index (χ0) is 13.5. The molecule has 0 saturated carbocycles. The van der Waals surface area contributed by atoms with Crippen molar-refractivity contribution < 1.29 is 19.4 Å².